The van der Waals surface area contributed by atoms with Gasteiger partial charge in [-0.1, -0.05) is 83.7 Å². The minimum atomic E-state index is 0.693. The molecule has 0 radical (unpaired) electrons. The molecule has 0 atom stereocenters. The number of furan rings is 1. The van der Waals surface area contributed by atoms with Crippen LogP contribution in [-0.2, 0) is 0 Å². The van der Waals surface area contributed by atoms with E-state index in [0.717, 1.165) is 50.0 Å². The second-order valence-electron chi connectivity index (χ2n) is 11.2. The molecule has 0 amide bonds. The molecule has 7 aromatic rings. The molecule has 3 nitrogen and oxygen atoms in total. The summed E-state index contributed by atoms with van der Waals surface area (Å²) in [6.45, 7) is 0. The Hall–Kier alpha value is -4.70. The van der Waals surface area contributed by atoms with E-state index in [-0.39, 0.29) is 0 Å². The molecule has 42 heavy (non-hydrogen) atoms. The van der Waals surface area contributed by atoms with Crippen LogP contribution in [0.15, 0.2) is 108 Å². The van der Waals surface area contributed by atoms with Gasteiger partial charge in [0.2, 0.25) is 0 Å². The molecular formula is C34H27B5N2O. The lowest BCUT2D eigenvalue weighted by molar-refractivity contribution is 0.669. The predicted octanol–water partition coefficient (Wildman–Crippen LogP) is 0.336. The number of rotatable bonds is 4. The fourth-order valence-corrected chi connectivity index (χ4v) is 6.17. The lowest BCUT2D eigenvalue weighted by Crippen LogP contribution is -2.55. The minimum absolute atomic E-state index is 0.693. The van der Waals surface area contributed by atoms with Crippen molar-refractivity contribution in [1.29, 1.82) is 0 Å². The average Bonchev–Trinajstić information content (AvgIpc) is 3.42. The van der Waals surface area contributed by atoms with Crippen molar-refractivity contribution in [1.82, 2.24) is 9.97 Å². The summed E-state index contributed by atoms with van der Waals surface area (Å²) in [4.78, 5) is 10.1. The summed E-state index contributed by atoms with van der Waals surface area (Å²) < 4.78 is 6.41. The van der Waals surface area contributed by atoms with Gasteiger partial charge in [-0.15, -0.1) is 16.4 Å². The highest BCUT2D eigenvalue weighted by Gasteiger charge is 2.19. The van der Waals surface area contributed by atoms with Crippen LogP contribution in [0.4, 0.5) is 0 Å². The lowest BCUT2D eigenvalue weighted by Gasteiger charge is -2.21. The molecule has 8 heteroatoms. The Bertz CT molecular complexity index is 2060. The van der Waals surface area contributed by atoms with Gasteiger partial charge in [0, 0.05) is 27.5 Å². The zero-order valence-electron chi connectivity index (χ0n) is 24.6. The van der Waals surface area contributed by atoms with Gasteiger partial charge in [-0.2, -0.15) is 0 Å². The van der Waals surface area contributed by atoms with Crippen LogP contribution < -0.4 is 27.3 Å². The van der Waals surface area contributed by atoms with Gasteiger partial charge < -0.3 is 4.42 Å². The summed E-state index contributed by atoms with van der Waals surface area (Å²) in [5.74, 6) is 0.693. The Labute approximate surface area is 250 Å². The standard InChI is InChI=1S/C34H27B5N2O/c35-29-28(30(36)32(38)33(39)31(29)37)21-12-7-13-26-27(21)22-16-20(14-15-25(22)42-26)34-40-23(18-8-3-1-4-9-18)17-24(41-34)19-10-5-2-6-11-19/h1-17H,35-39H2. The Morgan fingerprint density at radius 1 is 0.476 bits per heavy atom. The van der Waals surface area contributed by atoms with Crippen molar-refractivity contribution in [2.75, 3.05) is 0 Å². The second kappa shape index (κ2) is 10.3. The van der Waals surface area contributed by atoms with Crippen LogP contribution in [-0.4, -0.2) is 49.2 Å². The maximum absolute atomic E-state index is 6.41. The summed E-state index contributed by atoms with van der Waals surface area (Å²) in [5.41, 5.74) is 15.8. The highest BCUT2D eigenvalue weighted by atomic mass is 16.3. The van der Waals surface area contributed by atoms with Crippen LogP contribution in [0.2, 0.25) is 0 Å². The number of benzene rings is 5. The molecule has 0 aliphatic heterocycles. The van der Waals surface area contributed by atoms with Gasteiger partial charge in [0.1, 0.15) is 50.4 Å². The van der Waals surface area contributed by atoms with Crippen molar-refractivity contribution in [3.63, 3.8) is 0 Å². The van der Waals surface area contributed by atoms with E-state index in [1.54, 1.807) is 0 Å². The van der Waals surface area contributed by atoms with E-state index in [1.165, 1.54) is 38.4 Å². The molecule has 7 rings (SSSR count). The van der Waals surface area contributed by atoms with E-state index in [9.17, 15) is 0 Å². The molecule has 0 saturated carbocycles. The molecule has 0 unspecified atom stereocenters. The van der Waals surface area contributed by atoms with Crippen molar-refractivity contribution in [3.8, 4) is 45.0 Å². The molecular weight excluding hydrogens is 506 g/mol. The smallest absolute Gasteiger partial charge is 0.160 e. The lowest BCUT2D eigenvalue weighted by atomic mass is 9.59. The van der Waals surface area contributed by atoms with Gasteiger partial charge in [0.15, 0.2) is 5.82 Å². The molecule has 2 aromatic heterocycles. The molecule has 0 bridgehead atoms. The molecule has 0 aliphatic carbocycles. The maximum atomic E-state index is 6.41. The molecule has 0 aliphatic rings. The summed E-state index contributed by atoms with van der Waals surface area (Å²) in [6, 6.07) is 35.4. The summed E-state index contributed by atoms with van der Waals surface area (Å²) in [6.07, 6.45) is 0. The van der Waals surface area contributed by atoms with Gasteiger partial charge >= 0.3 is 0 Å². The van der Waals surface area contributed by atoms with Crippen LogP contribution in [0, 0.1) is 0 Å². The first-order valence-corrected chi connectivity index (χ1v) is 14.4. The molecule has 0 saturated heterocycles. The van der Waals surface area contributed by atoms with E-state index >= 15 is 0 Å². The Kier molecular flexibility index (Phi) is 6.43. The number of hydrogen-bond acceptors (Lipinski definition) is 3. The first kappa shape index (κ1) is 26.2. The van der Waals surface area contributed by atoms with E-state index in [0.29, 0.717) is 5.82 Å². The van der Waals surface area contributed by atoms with Crippen molar-refractivity contribution in [2.45, 2.75) is 0 Å². The van der Waals surface area contributed by atoms with Crippen LogP contribution in [0.25, 0.3) is 67.0 Å². The van der Waals surface area contributed by atoms with Gasteiger partial charge in [-0.25, -0.2) is 9.97 Å². The molecule has 0 fully saturated rings. The zero-order valence-corrected chi connectivity index (χ0v) is 24.6. The fourth-order valence-electron chi connectivity index (χ4n) is 6.17. The zero-order chi connectivity index (χ0) is 29.0. The Morgan fingerprint density at radius 2 is 1.05 bits per heavy atom. The SMILES string of the molecule is Bc1c(B)c(B)c(-c2cccc3oc4ccc(-c5nc(-c6ccccc6)cc(-c6ccccc6)n5)cc4c23)c(B)c1B. The topological polar surface area (TPSA) is 38.9 Å². The van der Waals surface area contributed by atoms with Gasteiger partial charge in [0.25, 0.3) is 0 Å². The maximum Gasteiger partial charge on any atom is 0.160 e. The fraction of sp³-hybridized carbons (Fsp3) is 0. The number of fused-ring (bicyclic) bond motifs is 3. The summed E-state index contributed by atoms with van der Waals surface area (Å²) in [7, 11) is 11.2. The number of nitrogens with zero attached hydrogens (tertiary/aromatic N) is 2. The molecule has 5 aromatic carbocycles. The summed E-state index contributed by atoms with van der Waals surface area (Å²) >= 11 is 0. The van der Waals surface area contributed by atoms with Crippen LogP contribution in [0.3, 0.4) is 0 Å². The third-order valence-electron chi connectivity index (χ3n) is 8.89. The van der Waals surface area contributed by atoms with Crippen molar-refractivity contribution in [2.24, 2.45) is 0 Å². The monoisotopic (exact) mass is 534 g/mol. The normalized spacial score (nSPS) is 11.3. The van der Waals surface area contributed by atoms with E-state index in [2.05, 4.69) is 106 Å². The van der Waals surface area contributed by atoms with Gasteiger partial charge in [-0.05, 0) is 41.5 Å². The first-order chi connectivity index (χ1) is 20.4. The van der Waals surface area contributed by atoms with Gasteiger partial charge in [0.05, 0.1) is 11.4 Å². The van der Waals surface area contributed by atoms with E-state index < -0.39 is 0 Å². The van der Waals surface area contributed by atoms with Crippen molar-refractivity contribution >= 4 is 88.5 Å². The third kappa shape index (κ3) is 4.30. The minimum Gasteiger partial charge on any atom is -0.456 e. The highest BCUT2D eigenvalue weighted by Crippen LogP contribution is 2.37. The molecule has 0 N–H and O–H groups in total. The number of aromatic nitrogens is 2. The largest absolute Gasteiger partial charge is 0.456 e. The highest BCUT2D eigenvalue weighted by molar-refractivity contribution is 6.68. The van der Waals surface area contributed by atoms with Crippen LogP contribution in [0.5, 0.6) is 0 Å². The van der Waals surface area contributed by atoms with Crippen LogP contribution >= 0.6 is 0 Å². The van der Waals surface area contributed by atoms with Crippen molar-refractivity contribution < 1.29 is 4.42 Å². The Morgan fingerprint density at radius 3 is 1.64 bits per heavy atom. The third-order valence-corrected chi connectivity index (χ3v) is 8.89. The molecule has 2 heterocycles. The van der Waals surface area contributed by atoms with E-state index in [1.807, 2.05) is 36.4 Å². The number of hydrogen-bond donors (Lipinski definition) is 0. The van der Waals surface area contributed by atoms with Crippen molar-refractivity contribution in [3.05, 3.63) is 103 Å². The molecule has 0 spiro atoms. The predicted molar refractivity (Wildman–Crippen MR) is 192 cm³/mol. The summed E-state index contributed by atoms with van der Waals surface area (Å²) in [5, 5.41) is 2.20. The van der Waals surface area contributed by atoms with Crippen LogP contribution in [0.1, 0.15) is 0 Å². The first-order valence-electron chi connectivity index (χ1n) is 14.4. The average molecular weight is 534 g/mol. The second-order valence-corrected chi connectivity index (χ2v) is 11.2. The quantitative estimate of drug-likeness (QED) is 0.307. The Balaban J connectivity index is 1.48. The molecule has 194 valence electrons. The van der Waals surface area contributed by atoms with E-state index in [4.69, 9.17) is 14.4 Å². The van der Waals surface area contributed by atoms with Gasteiger partial charge in [-0.3, -0.25) is 0 Å².